The summed E-state index contributed by atoms with van der Waals surface area (Å²) in [5, 5.41) is 18.5. The number of nitrogens with zero attached hydrogens (tertiary/aromatic N) is 3. The van der Waals surface area contributed by atoms with E-state index in [1.54, 1.807) is 0 Å². The molecule has 0 bridgehead atoms. The predicted molar refractivity (Wildman–Crippen MR) is 120 cm³/mol. The first-order valence-corrected chi connectivity index (χ1v) is 11.3. The number of aryl methyl sites for hydroxylation is 1. The van der Waals surface area contributed by atoms with Crippen molar-refractivity contribution in [2.45, 2.75) is 45.1 Å². The first kappa shape index (κ1) is 20.7. The van der Waals surface area contributed by atoms with Crippen molar-refractivity contribution < 1.29 is 14.6 Å². The van der Waals surface area contributed by atoms with Crippen LogP contribution in [0.5, 0.6) is 5.75 Å². The van der Waals surface area contributed by atoms with Crippen molar-refractivity contribution in [2.24, 2.45) is 5.92 Å². The highest BCUT2D eigenvalue weighted by atomic mass is 16.5. The molecule has 1 aromatic carbocycles. The van der Waals surface area contributed by atoms with Crippen molar-refractivity contribution in [1.29, 1.82) is 5.26 Å². The topological polar surface area (TPSA) is 86.5 Å². The van der Waals surface area contributed by atoms with Crippen LogP contribution in [0.3, 0.4) is 0 Å². The Morgan fingerprint density at radius 2 is 2.09 bits per heavy atom. The van der Waals surface area contributed by atoms with Gasteiger partial charge in [0.15, 0.2) is 0 Å². The highest BCUT2D eigenvalue weighted by Crippen LogP contribution is 2.41. The third kappa shape index (κ3) is 4.13. The van der Waals surface area contributed by atoms with Gasteiger partial charge in [0, 0.05) is 25.8 Å². The molecule has 1 N–H and O–H groups in total. The second kappa shape index (κ2) is 8.40. The molecule has 1 saturated carbocycles. The molecule has 2 heterocycles. The van der Waals surface area contributed by atoms with Crippen LogP contribution in [0.25, 0.3) is 5.57 Å². The summed E-state index contributed by atoms with van der Waals surface area (Å²) in [5.74, 6) is 0.425. The summed E-state index contributed by atoms with van der Waals surface area (Å²) >= 11 is 0. The summed E-state index contributed by atoms with van der Waals surface area (Å²) in [6.45, 7) is 4.66. The second-order valence-electron chi connectivity index (χ2n) is 9.21. The molecule has 32 heavy (non-hydrogen) atoms. The molecule has 164 valence electrons. The zero-order chi connectivity index (χ0) is 22.2. The highest BCUT2D eigenvalue weighted by molar-refractivity contribution is 5.73. The molecule has 1 aromatic heterocycles. The lowest BCUT2D eigenvalue weighted by molar-refractivity contribution is -0.147. The van der Waals surface area contributed by atoms with Gasteiger partial charge in [-0.1, -0.05) is 11.6 Å². The number of fused-ring (bicyclic) bond motifs is 1. The molecule has 5 rings (SSSR count). The molecule has 1 saturated heterocycles. The average Bonchev–Trinajstić information content (AvgIpc) is 3.60. The fourth-order valence-electron chi connectivity index (χ4n) is 4.78. The number of aromatic nitrogens is 1. The number of likely N-dealkylation sites (tertiary alicyclic amines) is 1. The van der Waals surface area contributed by atoms with E-state index >= 15 is 0 Å². The van der Waals surface area contributed by atoms with Crippen molar-refractivity contribution in [3.8, 4) is 11.8 Å². The van der Waals surface area contributed by atoms with Crippen LogP contribution in [-0.2, 0) is 17.8 Å². The zero-order valence-electron chi connectivity index (χ0n) is 18.3. The Kier molecular flexibility index (Phi) is 5.44. The number of carboxylic acids is 1. The van der Waals surface area contributed by atoms with Crippen LogP contribution in [0.15, 0.2) is 36.0 Å². The quantitative estimate of drug-likeness (QED) is 0.712. The number of ether oxygens (including phenoxy) is 1. The van der Waals surface area contributed by atoms with Gasteiger partial charge in [0.1, 0.15) is 12.4 Å². The van der Waals surface area contributed by atoms with E-state index in [2.05, 4.69) is 35.0 Å². The lowest BCUT2D eigenvalue weighted by atomic mass is 9.85. The van der Waals surface area contributed by atoms with E-state index in [0.29, 0.717) is 25.6 Å². The fourth-order valence-corrected chi connectivity index (χ4v) is 4.78. The summed E-state index contributed by atoms with van der Waals surface area (Å²) in [7, 11) is 0. The van der Waals surface area contributed by atoms with Crippen LogP contribution < -0.4 is 4.74 Å². The van der Waals surface area contributed by atoms with Crippen LogP contribution in [0.1, 0.15) is 60.1 Å². The largest absolute Gasteiger partial charge is 0.487 e. The van der Waals surface area contributed by atoms with E-state index in [-0.39, 0.29) is 5.92 Å². The summed E-state index contributed by atoms with van der Waals surface area (Å²) in [6, 6.07) is 10.4. The minimum absolute atomic E-state index is 0.213. The second-order valence-corrected chi connectivity index (χ2v) is 9.21. The minimum Gasteiger partial charge on any atom is -0.487 e. The third-order valence-corrected chi connectivity index (χ3v) is 6.94. The van der Waals surface area contributed by atoms with Crippen molar-refractivity contribution in [2.75, 3.05) is 19.6 Å². The first-order chi connectivity index (χ1) is 15.5. The monoisotopic (exact) mass is 429 g/mol. The third-order valence-electron chi connectivity index (χ3n) is 6.94. The van der Waals surface area contributed by atoms with E-state index < -0.39 is 5.97 Å². The number of hydrogen-bond donors (Lipinski definition) is 1. The van der Waals surface area contributed by atoms with Crippen molar-refractivity contribution in [1.82, 2.24) is 9.88 Å². The molecule has 0 spiro atoms. The number of hydrogen-bond acceptors (Lipinski definition) is 5. The van der Waals surface area contributed by atoms with Crippen LogP contribution in [-0.4, -0.2) is 40.6 Å². The van der Waals surface area contributed by atoms with E-state index in [0.717, 1.165) is 54.8 Å². The summed E-state index contributed by atoms with van der Waals surface area (Å²) < 4.78 is 6.01. The van der Waals surface area contributed by atoms with Crippen molar-refractivity contribution in [3.05, 3.63) is 64.0 Å². The van der Waals surface area contributed by atoms with Gasteiger partial charge in [-0.2, -0.15) is 5.26 Å². The van der Waals surface area contributed by atoms with Gasteiger partial charge in [-0.15, -0.1) is 0 Å². The number of nitriles is 1. The molecule has 3 aliphatic rings. The van der Waals surface area contributed by atoms with Crippen LogP contribution in [0.2, 0.25) is 0 Å². The SMILES string of the molecule is CC1=C(CN2CC(C(=O)O)C2)CCc2cc(OCc3cc(C#N)c(C4CC4)cn3)ccc21. The molecule has 6 nitrogen and oxygen atoms in total. The lowest BCUT2D eigenvalue weighted by Gasteiger charge is -2.38. The first-order valence-electron chi connectivity index (χ1n) is 11.3. The summed E-state index contributed by atoms with van der Waals surface area (Å²) in [5.41, 5.74) is 7.80. The molecule has 0 radical (unpaired) electrons. The standard InChI is InChI=1S/C26H27N3O3/c1-16-19(12-29-13-21(14-29)26(30)31)5-4-18-9-23(6-7-24(16)18)32-15-22-8-20(10-27)25(11-28-22)17-2-3-17/h6-9,11,17,21H,2-5,12-15H2,1H3,(H,30,31). The summed E-state index contributed by atoms with van der Waals surface area (Å²) in [4.78, 5) is 17.8. The van der Waals surface area contributed by atoms with Gasteiger partial charge in [0.25, 0.3) is 0 Å². The Morgan fingerprint density at radius 3 is 2.81 bits per heavy atom. The van der Waals surface area contributed by atoms with Gasteiger partial charge in [-0.05, 0) is 79.0 Å². The van der Waals surface area contributed by atoms with E-state index in [1.807, 2.05) is 18.3 Å². The maximum Gasteiger partial charge on any atom is 0.309 e. The number of benzene rings is 1. The number of pyridine rings is 1. The zero-order valence-corrected chi connectivity index (χ0v) is 18.3. The smallest absolute Gasteiger partial charge is 0.309 e. The fraction of sp³-hybridized carbons (Fsp3) is 0.423. The molecular formula is C26H27N3O3. The van der Waals surface area contributed by atoms with Gasteiger partial charge < -0.3 is 9.84 Å². The molecule has 2 aromatic rings. The molecule has 0 atom stereocenters. The Hall–Kier alpha value is -3.17. The molecule has 1 aliphatic heterocycles. The Morgan fingerprint density at radius 1 is 1.28 bits per heavy atom. The van der Waals surface area contributed by atoms with Crippen LogP contribution >= 0.6 is 0 Å². The highest BCUT2D eigenvalue weighted by Gasteiger charge is 2.33. The lowest BCUT2D eigenvalue weighted by Crippen LogP contribution is -2.50. The Bertz CT molecular complexity index is 1140. The number of carbonyl (C=O) groups is 1. The number of aliphatic carboxylic acids is 1. The van der Waals surface area contributed by atoms with Gasteiger partial charge >= 0.3 is 5.97 Å². The number of allylic oxidation sites excluding steroid dienone is 1. The average molecular weight is 430 g/mol. The molecule has 0 unspecified atom stereocenters. The number of rotatable bonds is 7. The minimum atomic E-state index is -0.689. The van der Waals surface area contributed by atoms with Crippen molar-refractivity contribution >= 4 is 11.5 Å². The number of carboxylic acid groups (broad SMARTS) is 1. The van der Waals surface area contributed by atoms with Gasteiger partial charge in [-0.25, -0.2) is 0 Å². The van der Waals surface area contributed by atoms with E-state index in [1.165, 1.54) is 22.3 Å². The Labute approximate surface area is 188 Å². The van der Waals surface area contributed by atoms with Gasteiger partial charge in [0.05, 0.1) is 23.2 Å². The predicted octanol–water partition coefficient (Wildman–Crippen LogP) is 4.15. The molecule has 6 heteroatoms. The molecule has 0 amide bonds. The van der Waals surface area contributed by atoms with E-state index in [9.17, 15) is 10.1 Å². The maximum absolute atomic E-state index is 11.0. The molecule has 2 aliphatic carbocycles. The van der Waals surface area contributed by atoms with Crippen molar-refractivity contribution in [3.63, 3.8) is 0 Å². The molecule has 2 fully saturated rings. The van der Waals surface area contributed by atoms with E-state index in [4.69, 9.17) is 9.84 Å². The molecular weight excluding hydrogens is 402 g/mol. The normalized spacial score (nSPS) is 18.6. The maximum atomic E-state index is 11.0. The van der Waals surface area contributed by atoms with Crippen LogP contribution in [0.4, 0.5) is 0 Å². The van der Waals surface area contributed by atoms with Gasteiger partial charge in [-0.3, -0.25) is 14.7 Å². The van der Waals surface area contributed by atoms with Crippen LogP contribution in [0, 0.1) is 17.2 Å². The van der Waals surface area contributed by atoms with Gasteiger partial charge in [0.2, 0.25) is 0 Å². The summed E-state index contributed by atoms with van der Waals surface area (Å²) in [6.07, 6.45) is 6.10. The Balaban J connectivity index is 1.24.